The Hall–Kier alpha value is -1.32. The van der Waals surface area contributed by atoms with E-state index in [1.165, 1.54) is 11.2 Å². The number of benzene rings is 1. The molecule has 0 bridgehead atoms. The number of fused-ring (bicyclic) bond motifs is 3. The van der Waals surface area contributed by atoms with Gasteiger partial charge in [0.25, 0.3) is 0 Å². The molecular formula is C13H15N3O3S3. The molecule has 1 saturated heterocycles. The molecule has 9 heteroatoms. The summed E-state index contributed by atoms with van der Waals surface area (Å²) >= 11 is 7.02. The zero-order chi connectivity index (χ0) is 16.2. The van der Waals surface area contributed by atoms with Crippen LogP contribution in [-0.2, 0) is 9.84 Å². The normalized spacial score (nSPS) is 24.2. The van der Waals surface area contributed by atoms with Crippen LogP contribution in [0.25, 0.3) is 0 Å². The molecule has 0 aliphatic carbocycles. The number of sulfone groups is 1. The Kier molecular flexibility index (Phi) is 3.61. The molecule has 1 aromatic rings. The summed E-state index contributed by atoms with van der Waals surface area (Å²) in [5, 5.41) is 0.537. The Labute approximate surface area is 138 Å². The molecular weight excluding hydrogens is 342 g/mol. The van der Waals surface area contributed by atoms with Crippen LogP contribution in [0, 0.1) is 0 Å². The smallest absolute Gasteiger partial charge is 0.321 e. The monoisotopic (exact) mass is 357 g/mol. The lowest BCUT2D eigenvalue weighted by molar-refractivity contribution is 0.232. The number of carbonyl (C=O) groups excluding carboxylic acids is 1. The van der Waals surface area contributed by atoms with E-state index in [2.05, 4.69) is 6.92 Å². The summed E-state index contributed by atoms with van der Waals surface area (Å²) in [6.07, 6.45) is 1.17. The van der Waals surface area contributed by atoms with E-state index in [1.54, 1.807) is 30.0 Å². The molecule has 0 radical (unpaired) electrons. The van der Waals surface area contributed by atoms with Gasteiger partial charge < -0.3 is 10.6 Å². The minimum Gasteiger partial charge on any atom is -0.351 e. The van der Waals surface area contributed by atoms with Gasteiger partial charge in [0.05, 0.1) is 23.2 Å². The molecule has 3 rings (SSSR count). The zero-order valence-electron chi connectivity index (χ0n) is 12.0. The Morgan fingerprint density at radius 2 is 2.14 bits per heavy atom. The summed E-state index contributed by atoms with van der Waals surface area (Å²) < 4.78 is 23.6. The second-order valence-electron chi connectivity index (χ2n) is 5.39. The third kappa shape index (κ3) is 2.37. The van der Waals surface area contributed by atoms with Crippen molar-refractivity contribution < 1.29 is 13.2 Å². The van der Waals surface area contributed by atoms with Gasteiger partial charge >= 0.3 is 6.03 Å². The second-order valence-corrected chi connectivity index (χ2v) is 9.19. The number of anilines is 1. The van der Waals surface area contributed by atoms with E-state index in [-0.39, 0.29) is 16.2 Å². The molecule has 0 spiro atoms. The highest BCUT2D eigenvalue weighted by Crippen LogP contribution is 2.45. The summed E-state index contributed by atoms with van der Waals surface area (Å²) in [6, 6.07) is 4.41. The molecule has 0 aromatic heterocycles. The van der Waals surface area contributed by atoms with Gasteiger partial charge in [0, 0.05) is 16.4 Å². The first-order chi connectivity index (χ1) is 10.2. The number of hydrogen-bond acceptors (Lipinski definition) is 5. The minimum atomic E-state index is -3.31. The Bertz CT molecular complexity index is 778. The summed E-state index contributed by atoms with van der Waals surface area (Å²) in [5.41, 5.74) is 6.10. The fourth-order valence-corrected chi connectivity index (χ4v) is 4.97. The number of amides is 2. The van der Waals surface area contributed by atoms with Gasteiger partial charge in [-0.3, -0.25) is 4.90 Å². The molecule has 2 amide bonds. The third-order valence-corrected chi connectivity index (χ3v) is 6.69. The number of carbonyl (C=O) groups is 1. The van der Waals surface area contributed by atoms with Crippen molar-refractivity contribution in [3.05, 3.63) is 18.2 Å². The SMILES string of the molecule is CC1Sc2ccc(S(C)(=O)=O)cc2N2C(=S)N(C(N)=O)CC12. The lowest BCUT2D eigenvalue weighted by atomic mass is 10.1. The largest absolute Gasteiger partial charge is 0.351 e. The van der Waals surface area contributed by atoms with Crippen molar-refractivity contribution in [2.45, 2.75) is 28.0 Å². The van der Waals surface area contributed by atoms with E-state index in [9.17, 15) is 13.2 Å². The maximum absolute atomic E-state index is 11.8. The second kappa shape index (κ2) is 5.10. The minimum absolute atomic E-state index is 0.00712. The van der Waals surface area contributed by atoms with Crippen LogP contribution < -0.4 is 10.6 Å². The fraction of sp³-hybridized carbons (Fsp3) is 0.385. The molecule has 2 aliphatic rings. The van der Waals surface area contributed by atoms with Crippen LogP contribution in [0.4, 0.5) is 10.5 Å². The zero-order valence-corrected chi connectivity index (χ0v) is 14.5. The van der Waals surface area contributed by atoms with Gasteiger partial charge in [-0.25, -0.2) is 13.2 Å². The predicted molar refractivity (Wildman–Crippen MR) is 90.0 cm³/mol. The highest BCUT2D eigenvalue weighted by Gasteiger charge is 2.44. The molecule has 2 aliphatic heterocycles. The fourth-order valence-electron chi connectivity index (χ4n) is 2.74. The summed E-state index contributed by atoms with van der Waals surface area (Å²) in [4.78, 5) is 15.9. The van der Waals surface area contributed by atoms with Crippen LogP contribution in [-0.4, -0.2) is 48.6 Å². The molecule has 6 nitrogen and oxygen atoms in total. The van der Waals surface area contributed by atoms with E-state index in [0.29, 0.717) is 11.7 Å². The number of nitrogens with zero attached hydrogens (tertiary/aromatic N) is 2. The molecule has 1 aromatic carbocycles. The molecule has 2 atom stereocenters. The molecule has 2 heterocycles. The van der Waals surface area contributed by atoms with Gasteiger partial charge in [-0.15, -0.1) is 11.8 Å². The molecule has 118 valence electrons. The number of nitrogens with two attached hydrogens (primary N) is 1. The number of primary amides is 1. The summed E-state index contributed by atoms with van der Waals surface area (Å²) in [5.74, 6) is 0. The van der Waals surface area contributed by atoms with Crippen molar-refractivity contribution in [3.63, 3.8) is 0 Å². The van der Waals surface area contributed by atoms with Gasteiger partial charge in [-0.1, -0.05) is 6.92 Å². The van der Waals surface area contributed by atoms with E-state index in [1.807, 2.05) is 4.90 Å². The molecule has 2 unspecified atom stereocenters. The lowest BCUT2D eigenvalue weighted by Gasteiger charge is -2.35. The van der Waals surface area contributed by atoms with Crippen molar-refractivity contribution in [2.24, 2.45) is 5.73 Å². The standard InChI is InChI=1S/C13H15N3O3S3/c1-7-10-6-15(12(14)17)13(20)16(10)9-5-8(22(2,18)19)3-4-11(9)21-7/h3-5,7,10H,6H2,1-2H3,(H2,14,17). The number of urea groups is 1. The van der Waals surface area contributed by atoms with Crippen molar-refractivity contribution in [2.75, 3.05) is 17.7 Å². The van der Waals surface area contributed by atoms with Gasteiger partial charge in [0.2, 0.25) is 0 Å². The maximum Gasteiger partial charge on any atom is 0.321 e. The Morgan fingerprint density at radius 3 is 2.73 bits per heavy atom. The summed E-state index contributed by atoms with van der Waals surface area (Å²) in [7, 11) is -3.31. The third-order valence-electron chi connectivity index (χ3n) is 3.88. The Morgan fingerprint density at radius 1 is 1.45 bits per heavy atom. The van der Waals surface area contributed by atoms with Gasteiger partial charge in [-0.2, -0.15) is 0 Å². The Balaban J connectivity index is 2.13. The molecule has 1 fully saturated rings. The van der Waals surface area contributed by atoms with Gasteiger partial charge in [-0.05, 0) is 30.4 Å². The number of thioether (sulfide) groups is 1. The number of thiocarbonyl (C=S) groups is 1. The van der Waals surface area contributed by atoms with E-state index < -0.39 is 15.9 Å². The van der Waals surface area contributed by atoms with Crippen LogP contribution in [0.2, 0.25) is 0 Å². The van der Waals surface area contributed by atoms with Crippen LogP contribution in [0.5, 0.6) is 0 Å². The number of rotatable bonds is 1. The maximum atomic E-state index is 11.8. The van der Waals surface area contributed by atoms with Crippen molar-refractivity contribution in [1.29, 1.82) is 0 Å². The van der Waals surface area contributed by atoms with E-state index >= 15 is 0 Å². The highest BCUT2D eigenvalue weighted by molar-refractivity contribution is 8.00. The van der Waals surface area contributed by atoms with Gasteiger partial charge in [0.15, 0.2) is 14.9 Å². The quantitative estimate of drug-likeness (QED) is 0.766. The predicted octanol–water partition coefficient (Wildman–Crippen LogP) is 1.44. The van der Waals surface area contributed by atoms with E-state index in [4.69, 9.17) is 18.0 Å². The first kappa shape index (κ1) is 15.6. The van der Waals surface area contributed by atoms with E-state index in [0.717, 1.165) is 10.6 Å². The topological polar surface area (TPSA) is 83.7 Å². The first-order valence-corrected chi connectivity index (χ1v) is 9.79. The van der Waals surface area contributed by atoms with Crippen LogP contribution in [0.3, 0.4) is 0 Å². The first-order valence-electron chi connectivity index (χ1n) is 6.61. The van der Waals surface area contributed by atoms with Crippen LogP contribution >= 0.6 is 24.0 Å². The van der Waals surface area contributed by atoms with Crippen molar-refractivity contribution in [1.82, 2.24) is 4.90 Å². The lowest BCUT2D eigenvalue weighted by Crippen LogP contribution is -2.43. The van der Waals surface area contributed by atoms with Crippen LogP contribution in [0.1, 0.15) is 6.92 Å². The average Bonchev–Trinajstić information content (AvgIpc) is 2.76. The number of hydrogen-bond donors (Lipinski definition) is 1. The summed E-state index contributed by atoms with van der Waals surface area (Å²) in [6.45, 7) is 2.48. The average molecular weight is 357 g/mol. The van der Waals surface area contributed by atoms with Gasteiger partial charge in [0.1, 0.15) is 0 Å². The molecule has 22 heavy (non-hydrogen) atoms. The molecule has 2 N–H and O–H groups in total. The molecule has 0 saturated carbocycles. The van der Waals surface area contributed by atoms with Crippen molar-refractivity contribution >= 4 is 50.6 Å². The van der Waals surface area contributed by atoms with Crippen molar-refractivity contribution in [3.8, 4) is 0 Å². The van der Waals surface area contributed by atoms with Crippen LogP contribution in [0.15, 0.2) is 28.0 Å². The highest BCUT2D eigenvalue weighted by atomic mass is 32.2.